The van der Waals surface area contributed by atoms with Gasteiger partial charge in [-0.2, -0.15) is 0 Å². The number of hydrogen-bond donors (Lipinski definition) is 1. The molecule has 1 N–H and O–H groups in total. The van der Waals surface area contributed by atoms with E-state index in [1.807, 2.05) is 24.3 Å². The normalized spacial score (nSPS) is 18.8. The van der Waals surface area contributed by atoms with Gasteiger partial charge in [-0.3, -0.25) is 14.9 Å². The fourth-order valence-electron chi connectivity index (χ4n) is 2.04. The molecular weight excluding hydrogens is 230 g/mol. The number of benzene rings is 1. The van der Waals surface area contributed by atoms with Crippen molar-refractivity contribution in [2.24, 2.45) is 5.92 Å². The molecule has 4 heteroatoms. The summed E-state index contributed by atoms with van der Waals surface area (Å²) in [5.41, 5.74) is 1.03. The average molecular weight is 247 g/mol. The third kappa shape index (κ3) is 3.09. The smallest absolute Gasteiger partial charge is 0.230 e. The number of rotatable bonds is 5. The van der Waals surface area contributed by atoms with Crippen LogP contribution in [0.3, 0.4) is 0 Å². The Bertz CT molecular complexity index is 456. The van der Waals surface area contributed by atoms with Crippen LogP contribution >= 0.6 is 0 Å². The molecule has 2 rings (SSSR count). The zero-order valence-corrected chi connectivity index (χ0v) is 10.4. The highest BCUT2D eigenvalue weighted by atomic mass is 16.5. The largest absolute Gasteiger partial charge is 0.494 e. The van der Waals surface area contributed by atoms with Gasteiger partial charge in [-0.25, -0.2) is 0 Å². The van der Waals surface area contributed by atoms with Crippen molar-refractivity contribution < 1.29 is 14.3 Å². The molecule has 1 atom stereocenters. The summed E-state index contributed by atoms with van der Waals surface area (Å²) in [4.78, 5) is 22.6. The van der Waals surface area contributed by atoms with E-state index in [1.54, 1.807) is 0 Å². The first kappa shape index (κ1) is 12.6. The Morgan fingerprint density at radius 2 is 2.22 bits per heavy atom. The van der Waals surface area contributed by atoms with E-state index in [1.165, 1.54) is 0 Å². The minimum atomic E-state index is -0.237. The van der Waals surface area contributed by atoms with Crippen LogP contribution in [0.15, 0.2) is 24.3 Å². The summed E-state index contributed by atoms with van der Waals surface area (Å²) in [7, 11) is 0. The van der Waals surface area contributed by atoms with Gasteiger partial charge in [0, 0.05) is 6.42 Å². The standard InChI is InChI=1S/C14H17NO3/c1-2-6-18-12-5-3-4-10(8-12)7-11-9-13(16)15-14(11)17/h3-5,8,11H,2,6-7,9H2,1H3,(H,15,16,17). The van der Waals surface area contributed by atoms with Crippen LogP contribution in [0.25, 0.3) is 0 Å². The third-order valence-electron chi connectivity index (χ3n) is 2.92. The van der Waals surface area contributed by atoms with Crippen LogP contribution in [0.4, 0.5) is 0 Å². The molecule has 1 fully saturated rings. The predicted octanol–water partition coefficient (Wildman–Crippen LogP) is 1.68. The van der Waals surface area contributed by atoms with Gasteiger partial charge in [-0.1, -0.05) is 19.1 Å². The second kappa shape index (κ2) is 5.67. The zero-order chi connectivity index (χ0) is 13.0. The lowest BCUT2D eigenvalue weighted by molar-refractivity contribution is -0.125. The summed E-state index contributed by atoms with van der Waals surface area (Å²) in [5, 5.41) is 2.33. The van der Waals surface area contributed by atoms with Crippen molar-refractivity contribution in [3.8, 4) is 5.75 Å². The third-order valence-corrected chi connectivity index (χ3v) is 2.92. The highest BCUT2D eigenvalue weighted by Crippen LogP contribution is 2.20. The molecule has 1 aliphatic rings. The fourth-order valence-corrected chi connectivity index (χ4v) is 2.04. The molecule has 1 unspecified atom stereocenters. The second-order valence-corrected chi connectivity index (χ2v) is 4.51. The first-order chi connectivity index (χ1) is 8.69. The molecule has 1 saturated heterocycles. The van der Waals surface area contributed by atoms with Crippen molar-refractivity contribution >= 4 is 11.8 Å². The molecule has 96 valence electrons. The van der Waals surface area contributed by atoms with Crippen molar-refractivity contribution in [2.75, 3.05) is 6.61 Å². The van der Waals surface area contributed by atoms with Crippen molar-refractivity contribution in [1.29, 1.82) is 0 Å². The number of ether oxygens (including phenoxy) is 1. The molecule has 1 aromatic carbocycles. The second-order valence-electron chi connectivity index (χ2n) is 4.51. The predicted molar refractivity (Wildman–Crippen MR) is 67.2 cm³/mol. The molecule has 0 saturated carbocycles. The SMILES string of the molecule is CCCOc1cccc(CC2CC(=O)NC2=O)c1. The van der Waals surface area contributed by atoms with Gasteiger partial charge in [0.1, 0.15) is 5.75 Å². The Morgan fingerprint density at radius 1 is 1.39 bits per heavy atom. The maximum Gasteiger partial charge on any atom is 0.230 e. The van der Waals surface area contributed by atoms with Crippen LogP contribution < -0.4 is 10.1 Å². The van der Waals surface area contributed by atoms with Crippen LogP contribution in [0.5, 0.6) is 5.75 Å². The lowest BCUT2D eigenvalue weighted by atomic mass is 9.98. The summed E-state index contributed by atoms with van der Waals surface area (Å²) in [5.74, 6) is 0.237. The molecule has 1 aliphatic heterocycles. The van der Waals surface area contributed by atoms with Gasteiger partial charge in [0.05, 0.1) is 12.5 Å². The summed E-state index contributed by atoms with van der Waals surface area (Å²) >= 11 is 0. The molecule has 4 nitrogen and oxygen atoms in total. The zero-order valence-electron chi connectivity index (χ0n) is 10.4. The lowest BCUT2D eigenvalue weighted by Gasteiger charge is -2.09. The van der Waals surface area contributed by atoms with Gasteiger partial charge >= 0.3 is 0 Å². The van der Waals surface area contributed by atoms with E-state index in [0.717, 1.165) is 17.7 Å². The summed E-state index contributed by atoms with van der Waals surface area (Å²) in [6.07, 6.45) is 1.84. The number of amides is 2. The maximum absolute atomic E-state index is 11.5. The molecule has 18 heavy (non-hydrogen) atoms. The number of imide groups is 1. The van der Waals surface area contributed by atoms with E-state index < -0.39 is 0 Å². The van der Waals surface area contributed by atoms with Gasteiger partial charge < -0.3 is 4.74 Å². The Morgan fingerprint density at radius 3 is 2.89 bits per heavy atom. The summed E-state index contributed by atoms with van der Waals surface area (Å²) < 4.78 is 5.54. The topological polar surface area (TPSA) is 55.4 Å². The van der Waals surface area contributed by atoms with Crippen LogP contribution in [-0.4, -0.2) is 18.4 Å². The van der Waals surface area contributed by atoms with Gasteiger partial charge in [-0.05, 0) is 30.5 Å². The fraction of sp³-hybridized carbons (Fsp3) is 0.429. The molecule has 0 radical (unpaired) electrons. The number of carbonyl (C=O) groups excluding carboxylic acids is 2. The summed E-state index contributed by atoms with van der Waals surface area (Å²) in [6.45, 7) is 2.74. The van der Waals surface area contributed by atoms with E-state index in [4.69, 9.17) is 4.74 Å². The van der Waals surface area contributed by atoms with Crippen LogP contribution in [0, 0.1) is 5.92 Å². The minimum absolute atomic E-state index is 0.167. The van der Waals surface area contributed by atoms with Crippen molar-refractivity contribution in [3.63, 3.8) is 0 Å². The van der Waals surface area contributed by atoms with Crippen molar-refractivity contribution in [1.82, 2.24) is 5.32 Å². The maximum atomic E-state index is 11.5. The highest BCUT2D eigenvalue weighted by Gasteiger charge is 2.30. The van der Waals surface area contributed by atoms with Crippen LogP contribution in [0.1, 0.15) is 25.3 Å². The van der Waals surface area contributed by atoms with Crippen LogP contribution in [0.2, 0.25) is 0 Å². The van der Waals surface area contributed by atoms with E-state index in [2.05, 4.69) is 12.2 Å². The molecular formula is C14H17NO3. The van der Waals surface area contributed by atoms with Crippen molar-refractivity contribution in [2.45, 2.75) is 26.2 Å². The Labute approximate surface area is 106 Å². The Hall–Kier alpha value is -1.84. The van der Waals surface area contributed by atoms with Gasteiger partial charge in [0.25, 0.3) is 0 Å². The van der Waals surface area contributed by atoms with E-state index in [9.17, 15) is 9.59 Å². The van der Waals surface area contributed by atoms with E-state index in [0.29, 0.717) is 19.4 Å². The molecule has 0 aromatic heterocycles. The number of carbonyl (C=O) groups is 2. The monoisotopic (exact) mass is 247 g/mol. The summed E-state index contributed by atoms with van der Waals surface area (Å²) in [6, 6.07) is 7.70. The molecule has 0 spiro atoms. The molecule has 1 aromatic rings. The Kier molecular flexibility index (Phi) is 3.97. The molecule has 1 heterocycles. The molecule has 2 amide bonds. The quantitative estimate of drug-likeness (QED) is 0.805. The van der Waals surface area contributed by atoms with E-state index >= 15 is 0 Å². The number of hydrogen-bond acceptors (Lipinski definition) is 3. The molecule has 0 bridgehead atoms. The first-order valence-electron chi connectivity index (χ1n) is 6.24. The Balaban J connectivity index is 2.00. The van der Waals surface area contributed by atoms with Gasteiger partial charge in [0.2, 0.25) is 11.8 Å². The first-order valence-corrected chi connectivity index (χ1v) is 6.24. The van der Waals surface area contributed by atoms with Gasteiger partial charge in [-0.15, -0.1) is 0 Å². The van der Waals surface area contributed by atoms with Crippen LogP contribution in [-0.2, 0) is 16.0 Å². The highest BCUT2D eigenvalue weighted by molar-refractivity contribution is 6.03. The van der Waals surface area contributed by atoms with E-state index in [-0.39, 0.29) is 17.7 Å². The van der Waals surface area contributed by atoms with Gasteiger partial charge in [0.15, 0.2) is 0 Å². The minimum Gasteiger partial charge on any atom is -0.494 e. The average Bonchev–Trinajstić information content (AvgIpc) is 2.66. The number of nitrogens with one attached hydrogen (secondary N) is 1. The molecule has 0 aliphatic carbocycles. The lowest BCUT2D eigenvalue weighted by Crippen LogP contribution is -2.22. The van der Waals surface area contributed by atoms with Crippen molar-refractivity contribution in [3.05, 3.63) is 29.8 Å².